The van der Waals surface area contributed by atoms with Crippen molar-refractivity contribution in [2.45, 2.75) is 38.3 Å². The normalized spacial score (nSPS) is 13.3. The lowest BCUT2D eigenvalue weighted by molar-refractivity contribution is -0.137. The van der Waals surface area contributed by atoms with Crippen LogP contribution in [0.15, 0.2) is 61.1 Å². The number of carboxylic acid groups (broad SMARTS) is 1. The van der Waals surface area contributed by atoms with Crippen LogP contribution in [0, 0.1) is 0 Å². The number of aromatic nitrogens is 2. The van der Waals surface area contributed by atoms with Crippen LogP contribution in [0.1, 0.15) is 48.5 Å². The van der Waals surface area contributed by atoms with E-state index in [0.29, 0.717) is 12.2 Å². The number of nitrogens with one attached hydrogen (secondary N) is 1. The van der Waals surface area contributed by atoms with E-state index in [-0.39, 0.29) is 18.9 Å². The Labute approximate surface area is 180 Å². The summed E-state index contributed by atoms with van der Waals surface area (Å²) >= 11 is 0. The average molecular weight is 419 g/mol. The van der Waals surface area contributed by atoms with E-state index in [1.54, 1.807) is 12.5 Å². The summed E-state index contributed by atoms with van der Waals surface area (Å²) in [5, 5.41) is 12.0. The fraction of sp³-hybridized carbons (Fsp3) is 0.292. The van der Waals surface area contributed by atoms with Crippen molar-refractivity contribution in [2.24, 2.45) is 0 Å². The first kappa shape index (κ1) is 20.7. The van der Waals surface area contributed by atoms with Crippen LogP contribution in [0.2, 0.25) is 0 Å². The number of hydrogen-bond donors (Lipinski definition) is 2. The Balaban J connectivity index is 1.48. The molecule has 7 nitrogen and oxygen atoms in total. The SMILES string of the molecule is CCCn1cncc1C(CC(=O)O)NC(=O)OCC1c2ccccc2-c2ccccc21. The molecule has 0 saturated heterocycles. The van der Waals surface area contributed by atoms with Gasteiger partial charge in [-0.15, -0.1) is 0 Å². The summed E-state index contributed by atoms with van der Waals surface area (Å²) < 4.78 is 7.44. The van der Waals surface area contributed by atoms with Gasteiger partial charge in [0.25, 0.3) is 0 Å². The number of nitrogens with zero attached hydrogens (tertiary/aromatic N) is 2. The molecular weight excluding hydrogens is 394 g/mol. The second kappa shape index (κ2) is 9.04. The highest BCUT2D eigenvalue weighted by atomic mass is 16.5. The van der Waals surface area contributed by atoms with Gasteiger partial charge < -0.3 is 19.7 Å². The van der Waals surface area contributed by atoms with Gasteiger partial charge in [0, 0.05) is 12.5 Å². The molecule has 1 aliphatic rings. The van der Waals surface area contributed by atoms with Crippen LogP contribution in [0.25, 0.3) is 11.1 Å². The van der Waals surface area contributed by atoms with E-state index in [2.05, 4.69) is 34.6 Å². The summed E-state index contributed by atoms with van der Waals surface area (Å²) in [6, 6.07) is 15.5. The Morgan fingerprint density at radius 1 is 1.13 bits per heavy atom. The lowest BCUT2D eigenvalue weighted by atomic mass is 9.98. The molecule has 3 aromatic rings. The molecule has 2 N–H and O–H groups in total. The van der Waals surface area contributed by atoms with Gasteiger partial charge in [0.15, 0.2) is 0 Å². The molecule has 1 heterocycles. The minimum atomic E-state index is -1.01. The molecular formula is C24H25N3O4. The van der Waals surface area contributed by atoms with E-state index in [0.717, 1.165) is 28.7 Å². The van der Waals surface area contributed by atoms with E-state index in [9.17, 15) is 14.7 Å². The van der Waals surface area contributed by atoms with E-state index < -0.39 is 18.1 Å². The van der Waals surface area contributed by atoms with Gasteiger partial charge in [-0.2, -0.15) is 0 Å². The van der Waals surface area contributed by atoms with E-state index >= 15 is 0 Å². The van der Waals surface area contributed by atoms with E-state index in [1.807, 2.05) is 35.8 Å². The molecule has 0 aliphatic heterocycles. The average Bonchev–Trinajstić information content (AvgIpc) is 3.34. The number of benzene rings is 2. The largest absolute Gasteiger partial charge is 0.481 e. The number of fused-ring (bicyclic) bond motifs is 3. The number of rotatable bonds is 8. The summed E-state index contributed by atoms with van der Waals surface area (Å²) in [6.07, 6.45) is 3.21. The van der Waals surface area contributed by atoms with Gasteiger partial charge in [-0.1, -0.05) is 55.5 Å². The number of aryl methyl sites for hydroxylation is 1. The number of carbonyl (C=O) groups is 2. The first-order valence-corrected chi connectivity index (χ1v) is 10.4. The fourth-order valence-electron chi connectivity index (χ4n) is 4.24. The summed E-state index contributed by atoms with van der Waals surface area (Å²) in [4.78, 5) is 28.1. The number of carboxylic acids is 1. The lowest BCUT2D eigenvalue weighted by Crippen LogP contribution is -2.33. The third-order valence-corrected chi connectivity index (χ3v) is 5.58. The van der Waals surface area contributed by atoms with Crippen molar-refractivity contribution in [2.75, 3.05) is 6.61 Å². The van der Waals surface area contributed by atoms with Crippen molar-refractivity contribution in [3.05, 3.63) is 77.9 Å². The molecule has 1 atom stereocenters. The Hall–Kier alpha value is -3.61. The third-order valence-electron chi connectivity index (χ3n) is 5.58. The Bertz CT molecular complexity index is 1050. The van der Waals surface area contributed by atoms with Crippen LogP contribution in [0.5, 0.6) is 0 Å². The maximum Gasteiger partial charge on any atom is 0.407 e. The molecule has 2 aromatic carbocycles. The predicted molar refractivity (Wildman–Crippen MR) is 116 cm³/mol. The monoisotopic (exact) mass is 419 g/mol. The van der Waals surface area contributed by atoms with Crippen molar-refractivity contribution in [3.8, 4) is 11.1 Å². The van der Waals surface area contributed by atoms with E-state index in [1.165, 1.54) is 0 Å². The number of hydrogen-bond acceptors (Lipinski definition) is 4. The summed E-state index contributed by atoms with van der Waals surface area (Å²) in [5.74, 6) is -1.06. The van der Waals surface area contributed by atoms with Crippen LogP contribution in [0.3, 0.4) is 0 Å². The number of amides is 1. The Kier molecular flexibility index (Phi) is 6.02. The molecule has 31 heavy (non-hydrogen) atoms. The smallest absolute Gasteiger partial charge is 0.407 e. The highest BCUT2D eigenvalue weighted by Gasteiger charge is 2.29. The van der Waals surface area contributed by atoms with Gasteiger partial charge in [0.05, 0.1) is 30.7 Å². The molecule has 160 valence electrons. The zero-order chi connectivity index (χ0) is 21.8. The molecule has 0 bridgehead atoms. The maximum absolute atomic E-state index is 12.6. The number of alkyl carbamates (subject to hydrolysis) is 1. The molecule has 1 aliphatic carbocycles. The molecule has 1 aromatic heterocycles. The van der Waals surface area contributed by atoms with Crippen LogP contribution in [0.4, 0.5) is 4.79 Å². The first-order chi connectivity index (χ1) is 15.1. The summed E-state index contributed by atoms with van der Waals surface area (Å²) in [5.41, 5.74) is 5.20. The van der Waals surface area contributed by atoms with Crippen molar-refractivity contribution in [3.63, 3.8) is 0 Å². The van der Waals surface area contributed by atoms with Gasteiger partial charge in [0.1, 0.15) is 6.61 Å². The molecule has 1 amide bonds. The summed E-state index contributed by atoms with van der Waals surface area (Å²) in [7, 11) is 0. The lowest BCUT2D eigenvalue weighted by Gasteiger charge is -2.20. The second-order valence-corrected chi connectivity index (χ2v) is 7.63. The molecule has 0 spiro atoms. The van der Waals surface area contributed by atoms with E-state index in [4.69, 9.17) is 4.74 Å². The highest BCUT2D eigenvalue weighted by Crippen LogP contribution is 2.44. The van der Waals surface area contributed by atoms with Crippen LogP contribution in [-0.2, 0) is 16.1 Å². The first-order valence-electron chi connectivity index (χ1n) is 10.4. The summed E-state index contributed by atoms with van der Waals surface area (Å²) in [6.45, 7) is 2.89. The molecule has 0 fully saturated rings. The minimum absolute atomic E-state index is 0.0540. The Morgan fingerprint density at radius 3 is 2.39 bits per heavy atom. The zero-order valence-electron chi connectivity index (χ0n) is 17.3. The highest BCUT2D eigenvalue weighted by molar-refractivity contribution is 5.79. The number of carbonyl (C=O) groups excluding carboxylic acids is 1. The van der Waals surface area contributed by atoms with Gasteiger partial charge in [-0.3, -0.25) is 4.79 Å². The van der Waals surface area contributed by atoms with Gasteiger partial charge in [-0.25, -0.2) is 9.78 Å². The minimum Gasteiger partial charge on any atom is -0.481 e. The van der Waals surface area contributed by atoms with Gasteiger partial charge in [0.2, 0.25) is 0 Å². The topological polar surface area (TPSA) is 93.5 Å². The molecule has 0 saturated carbocycles. The molecule has 7 heteroatoms. The van der Waals surface area contributed by atoms with Gasteiger partial charge in [-0.05, 0) is 28.7 Å². The number of imidazole rings is 1. The van der Waals surface area contributed by atoms with Crippen LogP contribution >= 0.6 is 0 Å². The van der Waals surface area contributed by atoms with Crippen molar-refractivity contribution >= 4 is 12.1 Å². The predicted octanol–water partition coefficient (Wildman–Crippen LogP) is 4.35. The quantitative estimate of drug-likeness (QED) is 0.566. The van der Waals surface area contributed by atoms with Crippen LogP contribution < -0.4 is 5.32 Å². The number of aliphatic carboxylic acids is 1. The second-order valence-electron chi connectivity index (χ2n) is 7.63. The third kappa shape index (κ3) is 4.30. The molecule has 1 unspecified atom stereocenters. The van der Waals surface area contributed by atoms with Crippen molar-refractivity contribution in [1.29, 1.82) is 0 Å². The van der Waals surface area contributed by atoms with Crippen molar-refractivity contribution < 1.29 is 19.4 Å². The van der Waals surface area contributed by atoms with Crippen LogP contribution in [-0.4, -0.2) is 33.3 Å². The standard InChI is InChI=1S/C24H25N3O4/c1-2-11-27-15-25-13-22(27)21(12-23(28)29)26-24(30)31-14-20-18-9-5-3-7-16(18)17-8-4-6-10-19(17)20/h3-10,13,15,20-21H,2,11-12,14H2,1H3,(H,26,30)(H,28,29). The fourth-order valence-corrected chi connectivity index (χ4v) is 4.24. The molecule has 4 rings (SSSR count). The maximum atomic E-state index is 12.6. The van der Waals surface area contributed by atoms with Gasteiger partial charge >= 0.3 is 12.1 Å². The number of ether oxygens (including phenoxy) is 1. The van der Waals surface area contributed by atoms with Crippen molar-refractivity contribution in [1.82, 2.24) is 14.9 Å². The molecule has 0 radical (unpaired) electrons. The zero-order valence-corrected chi connectivity index (χ0v) is 17.3. The Morgan fingerprint density at radius 2 is 1.77 bits per heavy atom.